The van der Waals surface area contributed by atoms with Gasteiger partial charge < -0.3 is 21.4 Å². The van der Waals surface area contributed by atoms with Crippen LogP contribution >= 0.6 is 0 Å². The third kappa shape index (κ3) is 7.69. The van der Waals surface area contributed by atoms with E-state index in [0.717, 1.165) is 11.3 Å². The predicted octanol–water partition coefficient (Wildman–Crippen LogP) is -0.0911. The molecule has 13 nitrogen and oxygen atoms in total. The van der Waals surface area contributed by atoms with Crippen molar-refractivity contribution in [1.29, 1.82) is 0 Å². The van der Waals surface area contributed by atoms with E-state index in [0.29, 0.717) is 12.1 Å². The highest BCUT2D eigenvalue weighted by atomic mass is 16.2. The van der Waals surface area contributed by atoms with Crippen LogP contribution in [0, 0.1) is 0 Å². The Morgan fingerprint density at radius 1 is 0.744 bits per heavy atom. The molecular weight excluding hydrogens is 548 g/mol. The molecule has 1 aromatic heterocycles. The average Bonchev–Trinajstić information content (AvgIpc) is 3.50. The van der Waals surface area contributed by atoms with E-state index in [2.05, 4.69) is 15.6 Å². The van der Waals surface area contributed by atoms with Crippen LogP contribution in [0.15, 0.2) is 91.1 Å². The fraction of sp³-hybridized carbons (Fsp3) is 0.167. The quantitative estimate of drug-likeness (QED) is 0.0600. The van der Waals surface area contributed by atoms with Crippen LogP contribution in [-0.2, 0) is 27.7 Å². The van der Waals surface area contributed by atoms with Gasteiger partial charge in [0, 0.05) is 29.6 Å². The number of aromatic amines is 1. The normalized spacial score (nSPS) is 13.2. The fourth-order valence-electron chi connectivity index (χ4n) is 4.52. The smallest absolute Gasteiger partial charge is 0.244 e. The molecule has 13 heteroatoms. The van der Waals surface area contributed by atoms with Crippen LogP contribution in [0.1, 0.15) is 50.3 Å². The number of benzene rings is 3. The second-order valence-corrected chi connectivity index (χ2v) is 10.4. The van der Waals surface area contributed by atoms with Crippen molar-refractivity contribution in [3.63, 3.8) is 0 Å². The van der Waals surface area contributed by atoms with Crippen LogP contribution < -0.4 is 50.8 Å². The van der Waals surface area contributed by atoms with E-state index in [9.17, 15) is 14.4 Å². The van der Waals surface area contributed by atoms with Crippen molar-refractivity contribution in [2.24, 2.45) is 40.1 Å². The number of rotatable bonds is 12. The van der Waals surface area contributed by atoms with Crippen LogP contribution in [-0.4, -0.2) is 22.6 Å². The predicted molar refractivity (Wildman–Crippen MR) is 163 cm³/mol. The number of ketones is 1. The molecule has 0 fully saturated rings. The summed E-state index contributed by atoms with van der Waals surface area (Å²) in [5.74, 6) is -7.35. The Hall–Kier alpha value is -4.89. The number of primary amides is 1. The van der Waals surface area contributed by atoms with E-state index in [1.165, 1.54) is 18.2 Å². The summed E-state index contributed by atoms with van der Waals surface area (Å²) in [6.07, 6.45) is 1.56. The molecule has 4 rings (SSSR count). The maximum absolute atomic E-state index is 13.8. The molecule has 0 radical (unpaired) electrons. The molecule has 0 aliphatic heterocycles. The van der Waals surface area contributed by atoms with Gasteiger partial charge in [0.15, 0.2) is 5.78 Å². The molecule has 17 N–H and O–H groups in total. The molecule has 0 aliphatic carbocycles. The number of aromatic nitrogens is 1. The summed E-state index contributed by atoms with van der Waals surface area (Å²) in [6.45, 7) is 0.582. The summed E-state index contributed by atoms with van der Waals surface area (Å²) < 4.78 is 0. The summed E-state index contributed by atoms with van der Waals surface area (Å²) in [7, 11) is 0. The molecule has 4 aromatic rings. The molecule has 43 heavy (non-hydrogen) atoms. The van der Waals surface area contributed by atoms with E-state index in [-0.39, 0.29) is 22.4 Å². The van der Waals surface area contributed by atoms with Crippen LogP contribution in [0.5, 0.6) is 0 Å². The summed E-state index contributed by atoms with van der Waals surface area (Å²) >= 11 is 0. The Balaban J connectivity index is 1.67. The van der Waals surface area contributed by atoms with Gasteiger partial charge in [-0.1, -0.05) is 42.5 Å². The second-order valence-electron chi connectivity index (χ2n) is 10.4. The standard InChI is InChI=1S/C30H36N10O3/c31-27(42)25(19-13-20(29(32,33)34)15-21(14-19)30(35,36)37)40-28(43)24(26(41)23-7-4-12-38-23)18-8-10-22(11-9-18)39-16-17-5-2-1-3-6-17/h1-15,24-25,38-39H,16,32-37H2,(H2,31,42)(H,40,43). The molecule has 0 saturated carbocycles. The Morgan fingerprint density at radius 3 is 1.86 bits per heavy atom. The minimum absolute atomic E-state index is 0.108. The van der Waals surface area contributed by atoms with Gasteiger partial charge in [0.2, 0.25) is 11.8 Å². The zero-order valence-electron chi connectivity index (χ0n) is 23.3. The first-order chi connectivity index (χ1) is 20.2. The lowest BCUT2D eigenvalue weighted by atomic mass is 9.90. The van der Waals surface area contributed by atoms with Crippen molar-refractivity contribution in [3.05, 3.63) is 125 Å². The number of hydrogen-bond donors (Lipinski definition) is 10. The SMILES string of the molecule is NC(=O)C(NC(=O)C(C(=O)c1ccc[nH]1)c1ccc(NCc2ccccc2)cc1)c1cc(C(N)(N)N)cc(C(N)(N)N)c1. The third-order valence-electron chi connectivity index (χ3n) is 6.83. The number of nitrogens with one attached hydrogen (secondary N) is 3. The first-order valence-corrected chi connectivity index (χ1v) is 13.3. The minimum atomic E-state index is -1.87. The molecule has 1 heterocycles. The molecular formula is C30H36N10O3. The number of nitrogens with two attached hydrogens (primary N) is 7. The Bertz CT molecular complexity index is 1540. The third-order valence-corrected chi connectivity index (χ3v) is 6.83. The number of H-pyrrole nitrogens is 1. The molecule has 0 spiro atoms. The van der Waals surface area contributed by atoms with Crippen molar-refractivity contribution in [2.45, 2.75) is 30.1 Å². The van der Waals surface area contributed by atoms with Gasteiger partial charge in [-0.3, -0.25) is 48.8 Å². The minimum Gasteiger partial charge on any atom is -0.381 e. The first kappa shape index (κ1) is 31.1. The van der Waals surface area contributed by atoms with Gasteiger partial charge in [-0.05, 0) is 59.2 Å². The summed E-state index contributed by atoms with van der Waals surface area (Å²) in [6, 6.07) is 22.5. The van der Waals surface area contributed by atoms with Crippen LogP contribution in [0.4, 0.5) is 5.69 Å². The zero-order chi connectivity index (χ0) is 31.4. The van der Waals surface area contributed by atoms with Crippen molar-refractivity contribution in [2.75, 3.05) is 5.32 Å². The molecule has 0 saturated heterocycles. The Morgan fingerprint density at radius 2 is 1.35 bits per heavy atom. The lowest BCUT2D eigenvalue weighted by Crippen LogP contribution is -2.56. The number of Topliss-reactive ketones (excluding diaryl/α,β-unsaturated/α-hetero) is 1. The van der Waals surface area contributed by atoms with Gasteiger partial charge in [-0.15, -0.1) is 0 Å². The van der Waals surface area contributed by atoms with E-state index in [1.807, 2.05) is 30.3 Å². The maximum atomic E-state index is 13.8. The molecule has 2 atom stereocenters. The highest BCUT2D eigenvalue weighted by Gasteiger charge is 2.34. The van der Waals surface area contributed by atoms with Gasteiger partial charge in [-0.2, -0.15) is 0 Å². The first-order valence-electron chi connectivity index (χ1n) is 13.3. The monoisotopic (exact) mass is 584 g/mol. The van der Waals surface area contributed by atoms with Gasteiger partial charge in [0.05, 0.1) is 5.69 Å². The van der Waals surface area contributed by atoms with E-state index < -0.39 is 41.1 Å². The maximum Gasteiger partial charge on any atom is 0.244 e. The van der Waals surface area contributed by atoms with E-state index in [4.69, 9.17) is 40.1 Å². The molecule has 0 aliphatic rings. The van der Waals surface area contributed by atoms with Gasteiger partial charge >= 0.3 is 0 Å². The van der Waals surface area contributed by atoms with Crippen LogP contribution in [0.3, 0.4) is 0 Å². The largest absolute Gasteiger partial charge is 0.381 e. The molecule has 0 bridgehead atoms. The highest BCUT2D eigenvalue weighted by Crippen LogP contribution is 2.27. The average molecular weight is 585 g/mol. The summed E-state index contributed by atoms with van der Waals surface area (Å²) in [5, 5.41) is 5.89. The van der Waals surface area contributed by atoms with Gasteiger partial charge in [0.25, 0.3) is 0 Å². The number of anilines is 1. The topological polar surface area (TPSA) is 273 Å². The molecule has 2 unspecified atom stereocenters. The molecule has 3 aromatic carbocycles. The molecule has 224 valence electrons. The zero-order valence-corrected chi connectivity index (χ0v) is 23.3. The Labute approximate surface area is 248 Å². The number of carbonyl (C=O) groups excluding carboxylic acids is 3. The van der Waals surface area contributed by atoms with Gasteiger partial charge in [0.1, 0.15) is 23.5 Å². The summed E-state index contributed by atoms with van der Waals surface area (Å²) in [5.41, 5.74) is 43.7. The Kier molecular flexibility index (Phi) is 9.06. The van der Waals surface area contributed by atoms with E-state index in [1.54, 1.807) is 42.6 Å². The lowest BCUT2D eigenvalue weighted by molar-refractivity contribution is -0.127. The second kappa shape index (κ2) is 12.5. The van der Waals surface area contributed by atoms with Crippen molar-refractivity contribution in [3.8, 4) is 0 Å². The van der Waals surface area contributed by atoms with Crippen molar-refractivity contribution in [1.82, 2.24) is 10.3 Å². The highest BCUT2D eigenvalue weighted by molar-refractivity contribution is 6.14. The number of amides is 2. The number of carbonyl (C=O) groups is 3. The number of hydrogen-bond acceptors (Lipinski definition) is 10. The van der Waals surface area contributed by atoms with E-state index >= 15 is 0 Å². The van der Waals surface area contributed by atoms with Gasteiger partial charge in [-0.25, -0.2) is 0 Å². The fourth-order valence-corrected chi connectivity index (χ4v) is 4.52. The van der Waals surface area contributed by atoms with Crippen LogP contribution in [0.2, 0.25) is 0 Å². The summed E-state index contributed by atoms with van der Waals surface area (Å²) in [4.78, 5) is 42.9. The molecule has 2 amide bonds. The van der Waals surface area contributed by atoms with Crippen molar-refractivity contribution < 1.29 is 14.4 Å². The van der Waals surface area contributed by atoms with Crippen molar-refractivity contribution >= 4 is 23.3 Å². The van der Waals surface area contributed by atoms with Crippen LogP contribution in [0.25, 0.3) is 0 Å². The lowest BCUT2D eigenvalue weighted by Gasteiger charge is -2.27.